The van der Waals surface area contributed by atoms with Crippen molar-refractivity contribution in [2.24, 2.45) is 0 Å². The molecule has 0 aromatic carbocycles. The maximum Gasteiger partial charge on any atom is 0.306 e. The Bertz CT molecular complexity index is 947. The van der Waals surface area contributed by atoms with Gasteiger partial charge in [-0.2, -0.15) is 0 Å². The van der Waals surface area contributed by atoms with E-state index in [1.54, 1.807) is 0 Å². The van der Waals surface area contributed by atoms with Crippen LogP contribution in [-0.2, 0) is 28.6 Å². The Morgan fingerprint density at radius 2 is 0.541 bits per heavy atom. The maximum atomic E-state index is 12.8. The molecule has 0 unspecified atom stereocenters. The molecule has 0 saturated heterocycles. The summed E-state index contributed by atoms with van der Waals surface area (Å²) in [6.07, 6.45) is 56.2. The minimum atomic E-state index is -0.766. The van der Waals surface area contributed by atoms with Crippen LogP contribution in [0.3, 0.4) is 0 Å². The van der Waals surface area contributed by atoms with Crippen LogP contribution in [0.1, 0.15) is 303 Å². The van der Waals surface area contributed by atoms with Crippen molar-refractivity contribution in [3.8, 4) is 0 Å². The van der Waals surface area contributed by atoms with Crippen molar-refractivity contribution >= 4 is 17.9 Å². The number of ether oxygens (including phenoxy) is 3. The minimum absolute atomic E-state index is 0.0669. The molecule has 0 aromatic heterocycles. The van der Waals surface area contributed by atoms with Crippen LogP contribution in [0, 0.1) is 0 Å². The number of hydrogen-bond acceptors (Lipinski definition) is 6. The molecule has 0 saturated carbocycles. The number of allylic oxidation sites excluding steroid dienone is 2. The smallest absolute Gasteiger partial charge is 0.306 e. The summed E-state index contributed by atoms with van der Waals surface area (Å²) in [5.41, 5.74) is 0. The molecule has 0 spiro atoms. The van der Waals surface area contributed by atoms with Crippen molar-refractivity contribution in [1.29, 1.82) is 0 Å². The van der Waals surface area contributed by atoms with Crippen molar-refractivity contribution in [1.82, 2.24) is 0 Å². The average Bonchev–Trinajstić information content (AvgIpc) is 3.26. The van der Waals surface area contributed by atoms with E-state index in [9.17, 15) is 14.4 Å². The fraction of sp³-hybridized carbons (Fsp3) is 0.909. The molecule has 0 fully saturated rings. The van der Waals surface area contributed by atoms with Gasteiger partial charge in [-0.25, -0.2) is 0 Å². The first-order chi connectivity index (χ1) is 30.0. The first-order valence-corrected chi connectivity index (χ1v) is 27.2. The summed E-state index contributed by atoms with van der Waals surface area (Å²) in [7, 11) is 0. The van der Waals surface area contributed by atoms with Crippen molar-refractivity contribution in [2.75, 3.05) is 13.2 Å². The molecule has 1 atom stereocenters. The highest BCUT2D eigenvalue weighted by Gasteiger charge is 2.19. The van der Waals surface area contributed by atoms with Gasteiger partial charge in [-0.05, 0) is 44.9 Å². The van der Waals surface area contributed by atoms with E-state index in [0.717, 1.165) is 64.2 Å². The Kier molecular flexibility index (Phi) is 49.3. The second kappa shape index (κ2) is 50.8. The molecule has 61 heavy (non-hydrogen) atoms. The van der Waals surface area contributed by atoms with E-state index in [-0.39, 0.29) is 31.1 Å². The summed E-state index contributed by atoms with van der Waals surface area (Å²) in [4.78, 5) is 38.0. The molecule has 6 heteroatoms. The van der Waals surface area contributed by atoms with Crippen molar-refractivity contribution < 1.29 is 28.6 Å². The molecule has 0 aliphatic carbocycles. The average molecular weight is 861 g/mol. The van der Waals surface area contributed by atoms with Crippen LogP contribution < -0.4 is 0 Å². The van der Waals surface area contributed by atoms with E-state index < -0.39 is 6.10 Å². The Morgan fingerprint density at radius 1 is 0.311 bits per heavy atom. The summed E-state index contributed by atoms with van der Waals surface area (Å²) in [6.45, 7) is 6.67. The maximum absolute atomic E-state index is 12.8. The molecule has 0 bridgehead atoms. The minimum Gasteiger partial charge on any atom is -0.462 e. The number of carbonyl (C=O) groups is 3. The van der Waals surface area contributed by atoms with Gasteiger partial charge in [0.1, 0.15) is 13.2 Å². The van der Waals surface area contributed by atoms with Crippen LogP contribution in [-0.4, -0.2) is 37.2 Å². The fourth-order valence-electron chi connectivity index (χ4n) is 8.14. The lowest BCUT2D eigenvalue weighted by atomic mass is 10.0. The van der Waals surface area contributed by atoms with Gasteiger partial charge in [0.15, 0.2) is 6.10 Å². The molecule has 0 radical (unpaired) electrons. The summed E-state index contributed by atoms with van der Waals surface area (Å²) in [6, 6.07) is 0. The summed E-state index contributed by atoms with van der Waals surface area (Å²) in [5.74, 6) is -0.856. The van der Waals surface area contributed by atoms with Crippen LogP contribution in [0.25, 0.3) is 0 Å². The summed E-state index contributed by atoms with van der Waals surface area (Å²) < 4.78 is 16.8. The molecule has 0 aliphatic heterocycles. The highest BCUT2D eigenvalue weighted by Crippen LogP contribution is 2.16. The predicted octanol–water partition coefficient (Wildman–Crippen LogP) is 17.8. The number of rotatable bonds is 50. The molecular formula is C55H104O6. The van der Waals surface area contributed by atoms with Gasteiger partial charge in [0.25, 0.3) is 0 Å². The lowest BCUT2D eigenvalue weighted by molar-refractivity contribution is -0.167. The monoisotopic (exact) mass is 861 g/mol. The molecule has 0 amide bonds. The largest absolute Gasteiger partial charge is 0.462 e. The second-order valence-electron chi connectivity index (χ2n) is 18.5. The predicted molar refractivity (Wildman–Crippen MR) is 261 cm³/mol. The van der Waals surface area contributed by atoms with Crippen LogP contribution in [0.4, 0.5) is 0 Å². The third-order valence-corrected chi connectivity index (χ3v) is 12.3. The third kappa shape index (κ3) is 49.0. The molecular weight excluding hydrogens is 757 g/mol. The molecule has 0 rings (SSSR count). The number of esters is 3. The van der Waals surface area contributed by atoms with Crippen molar-refractivity contribution in [3.05, 3.63) is 12.2 Å². The SMILES string of the molecule is CCCCCCCCC=CCCCCCCCC(=O)OC[C@@H](COC(=O)CCCCCCCCCCCCCCCCC)OC(=O)CCCCCCCCCCCCCCC. The molecule has 0 N–H and O–H groups in total. The van der Waals surface area contributed by atoms with Gasteiger partial charge in [-0.1, -0.05) is 251 Å². The summed E-state index contributed by atoms with van der Waals surface area (Å²) in [5, 5.41) is 0. The first kappa shape index (κ1) is 59.1. The zero-order chi connectivity index (χ0) is 44.4. The van der Waals surface area contributed by atoms with Gasteiger partial charge in [-0.15, -0.1) is 0 Å². The molecule has 6 nitrogen and oxygen atoms in total. The quantitative estimate of drug-likeness (QED) is 0.0262. The van der Waals surface area contributed by atoms with Gasteiger partial charge in [0.05, 0.1) is 0 Å². The van der Waals surface area contributed by atoms with Crippen LogP contribution in [0.2, 0.25) is 0 Å². The third-order valence-electron chi connectivity index (χ3n) is 12.3. The highest BCUT2D eigenvalue weighted by atomic mass is 16.6. The lowest BCUT2D eigenvalue weighted by Crippen LogP contribution is -2.30. The topological polar surface area (TPSA) is 78.9 Å². The van der Waals surface area contributed by atoms with E-state index in [0.29, 0.717) is 19.3 Å². The first-order valence-electron chi connectivity index (χ1n) is 27.2. The fourth-order valence-corrected chi connectivity index (χ4v) is 8.14. The highest BCUT2D eigenvalue weighted by molar-refractivity contribution is 5.71. The molecule has 0 aromatic rings. The van der Waals surface area contributed by atoms with Crippen LogP contribution in [0.15, 0.2) is 12.2 Å². The zero-order valence-electron chi connectivity index (χ0n) is 41.2. The molecule has 360 valence electrons. The van der Waals surface area contributed by atoms with E-state index in [1.165, 1.54) is 199 Å². The van der Waals surface area contributed by atoms with E-state index in [2.05, 4.69) is 32.9 Å². The van der Waals surface area contributed by atoms with Gasteiger partial charge in [-0.3, -0.25) is 14.4 Å². The Hall–Kier alpha value is -1.85. The van der Waals surface area contributed by atoms with E-state index in [1.807, 2.05) is 0 Å². The Morgan fingerprint density at radius 3 is 0.820 bits per heavy atom. The second-order valence-corrected chi connectivity index (χ2v) is 18.5. The zero-order valence-corrected chi connectivity index (χ0v) is 41.2. The normalized spacial score (nSPS) is 12.0. The number of unbranched alkanes of at least 4 members (excludes halogenated alkanes) is 37. The summed E-state index contributed by atoms with van der Waals surface area (Å²) >= 11 is 0. The molecule has 0 heterocycles. The van der Waals surface area contributed by atoms with Gasteiger partial charge in [0.2, 0.25) is 0 Å². The van der Waals surface area contributed by atoms with Crippen LogP contribution in [0.5, 0.6) is 0 Å². The molecule has 0 aliphatic rings. The lowest BCUT2D eigenvalue weighted by Gasteiger charge is -2.18. The van der Waals surface area contributed by atoms with Crippen LogP contribution >= 0.6 is 0 Å². The standard InChI is InChI=1S/C55H104O6/c1-4-7-10-13-16-19-22-25-27-30-32-35-38-41-44-47-53(56)59-50-52(61-55(58)49-46-43-40-37-34-29-24-21-18-15-12-9-6-3)51-60-54(57)48-45-42-39-36-33-31-28-26-23-20-17-14-11-8-5-2/h25,27,52H,4-24,26,28-51H2,1-3H3/t52-/m0/s1. The van der Waals surface area contributed by atoms with Crippen molar-refractivity contribution in [3.63, 3.8) is 0 Å². The Balaban J connectivity index is 4.32. The van der Waals surface area contributed by atoms with Gasteiger partial charge >= 0.3 is 17.9 Å². The Labute approximate surface area is 380 Å². The van der Waals surface area contributed by atoms with E-state index >= 15 is 0 Å². The number of hydrogen-bond donors (Lipinski definition) is 0. The van der Waals surface area contributed by atoms with Crippen molar-refractivity contribution in [2.45, 2.75) is 309 Å². The van der Waals surface area contributed by atoms with Gasteiger partial charge in [0, 0.05) is 19.3 Å². The van der Waals surface area contributed by atoms with Gasteiger partial charge < -0.3 is 14.2 Å². The van der Waals surface area contributed by atoms with E-state index in [4.69, 9.17) is 14.2 Å². The number of carbonyl (C=O) groups excluding carboxylic acids is 3.